The van der Waals surface area contributed by atoms with Crippen LogP contribution in [0.1, 0.15) is 32.3 Å². The molecule has 0 spiro atoms. The highest BCUT2D eigenvalue weighted by molar-refractivity contribution is 5.74. The topological polar surface area (TPSA) is 58.4 Å². The maximum Gasteiger partial charge on any atom is 0.321 e. The Morgan fingerprint density at radius 2 is 2.32 bits per heavy atom. The average Bonchev–Trinajstić information content (AvgIpc) is 2.70. The van der Waals surface area contributed by atoms with Gasteiger partial charge in [-0.05, 0) is 36.8 Å². The third-order valence-electron chi connectivity index (χ3n) is 4.05. The molecule has 2 rings (SSSR count). The smallest absolute Gasteiger partial charge is 0.321 e. The van der Waals surface area contributed by atoms with Crippen molar-refractivity contribution in [3.63, 3.8) is 0 Å². The van der Waals surface area contributed by atoms with Crippen LogP contribution in [0.25, 0.3) is 0 Å². The molecule has 0 radical (unpaired) electrons. The summed E-state index contributed by atoms with van der Waals surface area (Å²) >= 11 is 0. The van der Waals surface area contributed by atoms with Gasteiger partial charge in [0.05, 0.1) is 6.20 Å². The summed E-state index contributed by atoms with van der Waals surface area (Å²) in [5, 5.41) is 13.6. The van der Waals surface area contributed by atoms with Crippen molar-refractivity contribution >= 4 is 5.97 Å². The van der Waals surface area contributed by atoms with Crippen molar-refractivity contribution in [2.75, 3.05) is 13.1 Å². The highest BCUT2D eigenvalue weighted by Gasteiger charge is 2.42. The lowest BCUT2D eigenvalue weighted by molar-refractivity contribution is -0.150. The van der Waals surface area contributed by atoms with Crippen LogP contribution in [-0.4, -0.2) is 44.9 Å². The van der Waals surface area contributed by atoms with Crippen LogP contribution < -0.4 is 0 Å². The maximum absolute atomic E-state index is 11.5. The minimum Gasteiger partial charge on any atom is -0.480 e. The van der Waals surface area contributed by atoms with E-state index in [-0.39, 0.29) is 11.5 Å². The molecular formula is C14H23N3O2. The highest BCUT2D eigenvalue weighted by atomic mass is 16.4. The second-order valence-electron chi connectivity index (χ2n) is 6.14. The summed E-state index contributed by atoms with van der Waals surface area (Å²) in [5.74, 6) is -0.698. The second kappa shape index (κ2) is 5.33. The first kappa shape index (κ1) is 14.1. The molecule has 1 atom stereocenters. The number of hydrogen-bond acceptors (Lipinski definition) is 3. The number of aliphatic carboxylic acids is 1. The molecule has 1 saturated heterocycles. The van der Waals surface area contributed by atoms with Gasteiger partial charge in [0.2, 0.25) is 0 Å². The van der Waals surface area contributed by atoms with Gasteiger partial charge in [0, 0.05) is 19.8 Å². The molecule has 2 heterocycles. The third kappa shape index (κ3) is 3.15. The molecule has 1 fully saturated rings. The monoisotopic (exact) mass is 265 g/mol. The van der Waals surface area contributed by atoms with Crippen LogP contribution in [0.15, 0.2) is 12.4 Å². The predicted molar refractivity (Wildman–Crippen MR) is 72.9 cm³/mol. The summed E-state index contributed by atoms with van der Waals surface area (Å²) in [6, 6.07) is -0.377. The zero-order chi connectivity index (χ0) is 14.0. The number of carboxylic acid groups (broad SMARTS) is 1. The number of aromatic nitrogens is 2. The summed E-state index contributed by atoms with van der Waals surface area (Å²) in [7, 11) is 1.90. The molecule has 0 bridgehead atoms. The molecule has 5 nitrogen and oxygen atoms in total. The van der Waals surface area contributed by atoms with E-state index >= 15 is 0 Å². The van der Waals surface area contributed by atoms with Crippen molar-refractivity contribution in [2.24, 2.45) is 12.5 Å². The van der Waals surface area contributed by atoms with Gasteiger partial charge in [0.1, 0.15) is 6.04 Å². The number of aryl methyl sites for hydroxylation is 1. The van der Waals surface area contributed by atoms with Gasteiger partial charge in [-0.15, -0.1) is 0 Å². The van der Waals surface area contributed by atoms with Crippen LogP contribution in [0.4, 0.5) is 0 Å². The molecule has 5 heteroatoms. The van der Waals surface area contributed by atoms with Crippen molar-refractivity contribution < 1.29 is 9.90 Å². The van der Waals surface area contributed by atoms with Gasteiger partial charge in [-0.1, -0.05) is 13.8 Å². The van der Waals surface area contributed by atoms with E-state index in [1.54, 1.807) is 4.68 Å². The van der Waals surface area contributed by atoms with Gasteiger partial charge in [0.25, 0.3) is 0 Å². The van der Waals surface area contributed by atoms with Crippen LogP contribution in [0, 0.1) is 5.41 Å². The van der Waals surface area contributed by atoms with Crippen LogP contribution in [0.2, 0.25) is 0 Å². The molecule has 106 valence electrons. The molecule has 0 amide bonds. The Morgan fingerprint density at radius 1 is 1.58 bits per heavy atom. The predicted octanol–water partition coefficient (Wildman–Crippen LogP) is 1.54. The lowest BCUT2D eigenvalue weighted by Crippen LogP contribution is -2.54. The van der Waals surface area contributed by atoms with E-state index in [4.69, 9.17) is 0 Å². The SMILES string of the molecule is Cn1cc(CCN2CCCC(C)(C)C2C(=O)O)cn1. The van der Waals surface area contributed by atoms with Gasteiger partial charge < -0.3 is 5.11 Å². The van der Waals surface area contributed by atoms with Gasteiger partial charge in [-0.25, -0.2) is 0 Å². The summed E-state index contributed by atoms with van der Waals surface area (Å²) in [6.45, 7) is 5.77. The molecule has 1 aliphatic heterocycles. The largest absolute Gasteiger partial charge is 0.480 e. The summed E-state index contributed by atoms with van der Waals surface area (Å²) < 4.78 is 1.78. The van der Waals surface area contributed by atoms with E-state index in [0.717, 1.165) is 37.9 Å². The molecule has 19 heavy (non-hydrogen) atoms. The standard InChI is InChI=1S/C14H23N3O2/c1-14(2)6-4-7-17(12(14)13(18)19)8-5-11-9-15-16(3)10-11/h9-10,12H,4-8H2,1-3H3,(H,18,19). The fraction of sp³-hybridized carbons (Fsp3) is 0.714. The Morgan fingerprint density at radius 3 is 2.89 bits per heavy atom. The molecule has 1 N–H and O–H groups in total. The first-order valence-electron chi connectivity index (χ1n) is 6.84. The minimum absolute atomic E-state index is 0.154. The van der Waals surface area contributed by atoms with Crippen LogP contribution in [-0.2, 0) is 18.3 Å². The molecular weight excluding hydrogens is 242 g/mol. The van der Waals surface area contributed by atoms with Crippen molar-refractivity contribution in [1.82, 2.24) is 14.7 Å². The molecule has 0 aromatic carbocycles. The molecule has 1 unspecified atom stereocenters. The van der Waals surface area contributed by atoms with Crippen molar-refractivity contribution in [1.29, 1.82) is 0 Å². The summed E-state index contributed by atoms with van der Waals surface area (Å²) in [4.78, 5) is 13.6. The van der Waals surface area contributed by atoms with Crippen molar-refractivity contribution in [2.45, 2.75) is 39.2 Å². The van der Waals surface area contributed by atoms with Crippen LogP contribution in [0.5, 0.6) is 0 Å². The molecule has 1 aromatic heterocycles. The Balaban J connectivity index is 2.03. The van der Waals surface area contributed by atoms with E-state index < -0.39 is 5.97 Å². The lowest BCUT2D eigenvalue weighted by atomic mass is 9.76. The zero-order valence-electron chi connectivity index (χ0n) is 12.0. The van der Waals surface area contributed by atoms with Crippen molar-refractivity contribution in [3.8, 4) is 0 Å². The fourth-order valence-electron chi connectivity index (χ4n) is 3.10. The van der Waals surface area contributed by atoms with Gasteiger partial charge >= 0.3 is 5.97 Å². The maximum atomic E-state index is 11.5. The molecule has 0 saturated carbocycles. The highest BCUT2D eigenvalue weighted by Crippen LogP contribution is 2.35. The normalized spacial score (nSPS) is 23.4. The van der Waals surface area contributed by atoms with E-state index in [1.165, 1.54) is 0 Å². The number of carbonyl (C=O) groups is 1. The molecule has 0 aliphatic carbocycles. The summed E-state index contributed by atoms with van der Waals surface area (Å²) in [5.41, 5.74) is 1.01. The zero-order valence-corrected chi connectivity index (χ0v) is 12.0. The third-order valence-corrected chi connectivity index (χ3v) is 4.05. The first-order valence-corrected chi connectivity index (χ1v) is 6.84. The number of likely N-dealkylation sites (tertiary alicyclic amines) is 1. The molecule has 1 aliphatic rings. The van der Waals surface area contributed by atoms with E-state index in [9.17, 15) is 9.90 Å². The van der Waals surface area contributed by atoms with Gasteiger partial charge in [-0.2, -0.15) is 5.10 Å². The number of rotatable bonds is 4. The number of hydrogen-bond donors (Lipinski definition) is 1. The number of carboxylic acids is 1. The lowest BCUT2D eigenvalue weighted by Gasteiger charge is -2.44. The average molecular weight is 265 g/mol. The Kier molecular flexibility index (Phi) is 3.94. The number of piperidine rings is 1. The van der Waals surface area contributed by atoms with Gasteiger partial charge in [0.15, 0.2) is 0 Å². The number of nitrogens with zero attached hydrogens (tertiary/aromatic N) is 3. The van der Waals surface area contributed by atoms with E-state index in [1.807, 2.05) is 19.4 Å². The summed E-state index contributed by atoms with van der Waals surface area (Å²) in [6.07, 6.45) is 6.75. The first-order chi connectivity index (χ1) is 8.90. The van der Waals surface area contributed by atoms with E-state index in [0.29, 0.717) is 0 Å². The van der Waals surface area contributed by atoms with Gasteiger partial charge in [-0.3, -0.25) is 14.4 Å². The molecule has 1 aromatic rings. The Hall–Kier alpha value is -1.36. The minimum atomic E-state index is -0.698. The van der Waals surface area contributed by atoms with E-state index in [2.05, 4.69) is 23.8 Å². The van der Waals surface area contributed by atoms with Crippen LogP contribution >= 0.6 is 0 Å². The van der Waals surface area contributed by atoms with Crippen molar-refractivity contribution in [3.05, 3.63) is 18.0 Å². The fourth-order valence-corrected chi connectivity index (χ4v) is 3.10. The van der Waals surface area contributed by atoms with Crippen LogP contribution in [0.3, 0.4) is 0 Å². The quantitative estimate of drug-likeness (QED) is 0.897. The Labute approximate surface area is 114 Å². The second-order valence-corrected chi connectivity index (χ2v) is 6.14. The Bertz CT molecular complexity index is 453.